The van der Waals surface area contributed by atoms with Crippen molar-refractivity contribution >= 4 is 50.7 Å². The molecule has 0 saturated carbocycles. The maximum Gasteiger partial charge on any atom is 0.264 e. The highest BCUT2D eigenvalue weighted by molar-refractivity contribution is 7.92. The number of carbonyl (C=O) groups is 2. The second kappa shape index (κ2) is 14.2. The molecule has 0 aliphatic rings. The van der Waals surface area contributed by atoms with Gasteiger partial charge in [-0.2, -0.15) is 0 Å². The minimum Gasteiger partial charge on any atom is -0.354 e. The third-order valence-electron chi connectivity index (χ3n) is 6.75. The summed E-state index contributed by atoms with van der Waals surface area (Å²) in [6.07, 6.45) is 0.346. The van der Waals surface area contributed by atoms with Gasteiger partial charge in [0.15, 0.2) is 0 Å². The van der Waals surface area contributed by atoms with Gasteiger partial charge in [-0.3, -0.25) is 13.9 Å². The lowest BCUT2D eigenvalue weighted by molar-refractivity contribution is -0.140. The summed E-state index contributed by atoms with van der Waals surface area (Å²) < 4.78 is 28.9. The minimum atomic E-state index is -4.20. The molecule has 1 unspecified atom stereocenters. The van der Waals surface area contributed by atoms with E-state index in [1.54, 1.807) is 12.1 Å². The molecule has 0 spiro atoms. The Morgan fingerprint density at radius 1 is 0.927 bits per heavy atom. The predicted molar refractivity (Wildman–Crippen MR) is 166 cm³/mol. The second-order valence-corrected chi connectivity index (χ2v) is 13.1. The Morgan fingerprint density at radius 3 is 2.17 bits per heavy atom. The van der Waals surface area contributed by atoms with Crippen molar-refractivity contribution in [3.8, 4) is 0 Å². The summed E-state index contributed by atoms with van der Waals surface area (Å²) in [6, 6.07) is 17.6. The fourth-order valence-electron chi connectivity index (χ4n) is 4.32. The second-order valence-electron chi connectivity index (χ2n) is 10.4. The molecule has 3 rings (SSSR count). The summed E-state index contributed by atoms with van der Waals surface area (Å²) in [7, 11) is -4.20. The highest BCUT2D eigenvalue weighted by Crippen LogP contribution is 2.31. The van der Waals surface area contributed by atoms with Crippen LogP contribution < -0.4 is 9.62 Å². The zero-order valence-corrected chi connectivity index (χ0v) is 26.4. The molecule has 3 aromatic carbocycles. The van der Waals surface area contributed by atoms with Gasteiger partial charge >= 0.3 is 0 Å². The molecule has 0 bridgehead atoms. The lowest BCUT2D eigenvalue weighted by Crippen LogP contribution is -2.52. The van der Waals surface area contributed by atoms with Crippen LogP contribution in [-0.2, 0) is 26.2 Å². The summed E-state index contributed by atoms with van der Waals surface area (Å²) >= 11 is 12.4. The van der Waals surface area contributed by atoms with Crippen LogP contribution in [0.4, 0.5) is 5.69 Å². The zero-order chi connectivity index (χ0) is 30.3. The van der Waals surface area contributed by atoms with Gasteiger partial charge < -0.3 is 10.2 Å². The van der Waals surface area contributed by atoms with Gasteiger partial charge in [0.1, 0.15) is 12.6 Å². The molecular weight excluding hydrogens is 581 g/mol. The maximum atomic E-state index is 14.2. The van der Waals surface area contributed by atoms with E-state index in [1.807, 2.05) is 58.9 Å². The van der Waals surface area contributed by atoms with Crippen LogP contribution in [0.25, 0.3) is 0 Å². The van der Waals surface area contributed by atoms with Gasteiger partial charge in [0.05, 0.1) is 20.6 Å². The molecule has 1 atom stereocenters. The standard InChI is InChI=1S/C31H37Cl2N3O4S/c1-6-29(31(38)34-18-21(2)3)35(19-24-10-8-7-9-23(24)5)30(37)20-36(25-13-16-27(32)28(33)17-25)41(39,40)26-14-11-22(4)12-15-26/h7-17,21,29H,6,18-20H2,1-5H3,(H,34,38). The van der Waals surface area contributed by atoms with E-state index in [0.717, 1.165) is 21.0 Å². The average Bonchev–Trinajstić information content (AvgIpc) is 2.93. The first-order valence-corrected chi connectivity index (χ1v) is 15.7. The van der Waals surface area contributed by atoms with Crippen molar-refractivity contribution in [3.63, 3.8) is 0 Å². The molecule has 2 amide bonds. The van der Waals surface area contributed by atoms with Gasteiger partial charge in [0.25, 0.3) is 10.0 Å². The van der Waals surface area contributed by atoms with E-state index in [0.29, 0.717) is 13.0 Å². The number of halogens is 2. The average molecular weight is 619 g/mol. The van der Waals surface area contributed by atoms with E-state index in [2.05, 4.69) is 5.32 Å². The fourth-order valence-corrected chi connectivity index (χ4v) is 6.02. The van der Waals surface area contributed by atoms with Crippen LogP contribution in [0.1, 0.15) is 43.9 Å². The van der Waals surface area contributed by atoms with Crippen molar-refractivity contribution in [1.82, 2.24) is 10.2 Å². The Bertz CT molecular complexity index is 1480. The summed E-state index contributed by atoms with van der Waals surface area (Å²) in [4.78, 5) is 29.0. The van der Waals surface area contributed by atoms with E-state index in [4.69, 9.17) is 23.2 Å². The lowest BCUT2D eigenvalue weighted by Gasteiger charge is -2.33. The fraction of sp³-hybridized carbons (Fsp3) is 0.355. The van der Waals surface area contributed by atoms with E-state index in [9.17, 15) is 18.0 Å². The van der Waals surface area contributed by atoms with Crippen LogP contribution in [0.15, 0.2) is 71.6 Å². The molecule has 0 aliphatic carbocycles. The molecule has 0 fully saturated rings. The maximum absolute atomic E-state index is 14.2. The summed E-state index contributed by atoms with van der Waals surface area (Å²) in [5.74, 6) is -0.589. The molecule has 0 aromatic heterocycles. The predicted octanol–water partition coefficient (Wildman–Crippen LogP) is 6.39. The van der Waals surface area contributed by atoms with E-state index in [-0.39, 0.29) is 39.0 Å². The van der Waals surface area contributed by atoms with E-state index >= 15 is 0 Å². The Kier molecular flexibility index (Phi) is 11.2. The Hall–Kier alpha value is -3.07. The number of carbonyl (C=O) groups excluding carboxylic acids is 2. The van der Waals surface area contributed by atoms with Crippen molar-refractivity contribution in [3.05, 3.63) is 93.5 Å². The minimum absolute atomic E-state index is 0.0224. The molecule has 220 valence electrons. The number of anilines is 1. The number of rotatable bonds is 12. The quantitative estimate of drug-likeness (QED) is 0.255. The molecule has 7 nitrogen and oxygen atoms in total. The number of aryl methyl sites for hydroxylation is 2. The molecule has 1 N–H and O–H groups in total. The first-order valence-electron chi connectivity index (χ1n) is 13.5. The summed E-state index contributed by atoms with van der Waals surface area (Å²) in [5.41, 5.74) is 2.89. The van der Waals surface area contributed by atoms with E-state index in [1.165, 1.54) is 35.2 Å². The zero-order valence-electron chi connectivity index (χ0n) is 24.0. The number of hydrogen-bond acceptors (Lipinski definition) is 4. The number of benzene rings is 3. The first-order chi connectivity index (χ1) is 19.3. The molecule has 10 heteroatoms. The van der Waals surface area contributed by atoms with Crippen molar-refractivity contribution in [2.45, 2.75) is 58.5 Å². The van der Waals surface area contributed by atoms with Crippen LogP contribution in [0.5, 0.6) is 0 Å². The molecule has 3 aromatic rings. The molecule has 0 saturated heterocycles. The molecule has 0 aliphatic heterocycles. The van der Waals surface area contributed by atoms with Gasteiger partial charge in [0.2, 0.25) is 11.8 Å². The van der Waals surface area contributed by atoms with Crippen LogP contribution in [-0.4, -0.2) is 44.3 Å². The molecule has 0 radical (unpaired) electrons. The highest BCUT2D eigenvalue weighted by Gasteiger charge is 2.34. The molecule has 0 heterocycles. The first kappa shape index (κ1) is 32.4. The monoisotopic (exact) mass is 617 g/mol. The normalized spacial score (nSPS) is 12.2. The summed E-state index contributed by atoms with van der Waals surface area (Å²) in [5, 5.41) is 3.34. The van der Waals surface area contributed by atoms with Crippen LogP contribution in [0, 0.1) is 19.8 Å². The van der Waals surface area contributed by atoms with Gasteiger partial charge in [-0.25, -0.2) is 8.42 Å². The van der Waals surface area contributed by atoms with Crippen molar-refractivity contribution in [1.29, 1.82) is 0 Å². The van der Waals surface area contributed by atoms with Crippen molar-refractivity contribution in [2.24, 2.45) is 5.92 Å². The number of sulfonamides is 1. The Morgan fingerprint density at radius 2 is 1.59 bits per heavy atom. The third-order valence-corrected chi connectivity index (χ3v) is 9.28. The SMILES string of the molecule is CCC(C(=O)NCC(C)C)N(Cc1ccccc1C)C(=O)CN(c1ccc(Cl)c(Cl)c1)S(=O)(=O)c1ccc(C)cc1. The van der Waals surface area contributed by atoms with Gasteiger partial charge in [0, 0.05) is 13.1 Å². The number of nitrogens with one attached hydrogen (secondary N) is 1. The van der Waals surface area contributed by atoms with Crippen LogP contribution in [0.2, 0.25) is 10.0 Å². The topological polar surface area (TPSA) is 86.8 Å². The van der Waals surface area contributed by atoms with Crippen molar-refractivity contribution in [2.75, 3.05) is 17.4 Å². The van der Waals surface area contributed by atoms with Gasteiger partial charge in [-0.1, -0.05) is 85.9 Å². The number of hydrogen-bond donors (Lipinski definition) is 1. The number of nitrogens with zero attached hydrogens (tertiary/aromatic N) is 2. The van der Waals surface area contributed by atoms with E-state index < -0.39 is 28.5 Å². The molecular formula is C31H37Cl2N3O4S. The van der Waals surface area contributed by atoms with Crippen LogP contribution >= 0.6 is 23.2 Å². The lowest BCUT2D eigenvalue weighted by atomic mass is 10.1. The summed E-state index contributed by atoms with van der Waals surface area (Å²) in [6.45, 7) is 9.64. The number of amides is 2. The smallest absolute Gasteiger partial charge is 0.264 e. The Balaban J connectivity index is 2.08. The van der Waals surface area contributed by atoms with Crippen LogP contribution in [0.3, 0.4) is 0 Å². The largest absolute Gasteiger partial charge is 0.354 e. The highest BCUT2D eigenvalue weighted by atomic mass is 35.5. The van der Waals surface area contributed by atoms with Crippen molar-refractivity contribution < 1.29 is 18.0 Å². The Labute approximate surface area is 253 Å². The molecule has 41 heavy (non-hydrogen) atoms. The van der Waals surface area contributed by atoms with Gasteiger partial charge in [-0.05, 0) is 67.6 Å². The third kappa shape index (κ3) is 8.24. The van der Waals surface area contributed by atoms with Gasteiger partial charge in [-0.15, -0.1) is 0 Å².